The van der Waals surface area contributed by atoms with Gasteiger partial charge in [0.15, 0.2) is 5.82 Å². The second-order valence-electron chi connectivity index (χ2n) is 9.93. The average Bonchev–Trinajstić information content (AvgIpc) is 3.48. The number of aromatic amines is 2. The van der Waals surface area contributed by atoms with Gasteiger partial charge in [0.1, 0.15) is 11.4 Å². The first kappa shape index (κ1) is 22.5. The molecule has 2 unspecified atom stereocenters. The molecule has 1 aliphatic heterocycles. The fraction of sp³-hybridized carbons (Fsp3) is 0.321. The summed E-state index contributed by atoms with van der Waals surface area (Å²) in [6.07, 6.45) is 1.97. The van der Waals surface area contributed by atoms with Gasteiger partial charge in [0, 0.05) is 30.5 Å². The molecule has 184 valence electrons. The number of aryl methyl sites for hydroxylation is 1. The molecule has 8 heteroatoms. The number of anilines is 1. The topological polar surface area (TPSA) is 91.9 Å². The van der Waals surface area contributed by atoms with Crippen LogP contribution in [0.1, 0.15) is 26.3 Å². The molecule has 0 amide bonds. The Balaban J connectivity index is 1.37. The van der Waals surface area contributed by atoms with Crippen LogP contribution < -0.4 is 9.64 Å². The van der Waals surface area contributed by atoms with Crippen LogP contribution in [-0.2, 0) is 4.74 Å². The number of fused-ring (bicyclic) bond motifs is 2. The number of rotatable bonds is 5. The van der Waals surface area contributed by atoms with Crippen LogP contribution in [0, 0.1) is 12.8 Å². The summed E-state index contributed by atoms with van der Waals surface area (Å²) in [5.41, 5.74) is 5.70. The third-order valence-corrected chi connectivity index (χ3v) is 6.88. The number of ether oxygens (including phenoxy) is 2. The molecule has 2 atom stereocenters. The van der Waals surface area contributed by atoms with E-state index in [9.17, 15) is 0 Å². The number of nitrogens with zero attached hydrogens (tertiary/aromatic N) is 4. The SMILES string of the molecule is Cc1ccnc(Oc2cccc3[nH]nc(-c4nc5ccc(N6CC(C(C)C)OCC6C)cc5[nH]4)c23)c1. The van der Waals surface area contributed by atoms with Crippen molar-refractivity contribution in [2.24, 2.45) is 5.92 Å². The zero-order chi connectivity index (χ0) is 24.8. The van der Waals surface area contributed by atoms with Gasteiger partial charge in [0.25, 0.3) is 0 Å². The zero-order valence-corrected chi connectivity index (χ0v) is 20.9. The number of benzene rings is 2. The number of morpholine rings is 1. The molecule has 6 rings (SSSR count). The van der Waals surface area contributed by atoms with Gasteiger partial charge in [-0.25, -0.2) is 9.97 Å². The van der Waals surface area contributed by atoms with Crippen LogP contribution in [0.4, 0.5) is 5.69 Å². The van der Waals surface area contributed by atoms with Crippen molar-refractivity contribution in [1.82, 2.24) is 25.1 Å². The summed E-state index contributed by atoms with van der Waals surface area (Å²) in [4.78, 5) is 15.1. The minimum Gasteiger partial charge on any atom is -0.438 e. The molecule has 3 aromatic heterocycles. The first-order valence-electron chi connectivity index (χ1n) is 12.4. The molecule has 2 aromatic carbocycles. The van der Waals surface area contributed by atoms with Crippen molar-refractivity contribution in [2.75, 3.05) is 18.1 Å². The molecule has 1 fully saturated rings. The first-order valence-corrected chi connectivity index (χ1v) is 12.4. The normalized spacial score (nSPS) is 18.4. The Morgan fingerprint density at radius 3 is 2.83 bits per heavy atom. The van der Waals surface area contributed by atoms with Gasteiger partial charge in [-0.3, -0.25) is 5.10 Å². The average molecular weight is 483 g/mol. The molecule has 5 aromatic rings. The second kappa shape index (κ2) is 8.95. The van der Waals surface area contributed by atoms with Crippen molar-refractivity contribution in [3.63, 3.8) is 0 Å². The number of nitrogens with one attached hydrogen (secondary N) is 2. The van der Waals surface area contributed by atoms with Crippen molar-refractivity contribution in [3.8, 4) is 23.1 Å². The molecule has 4 heterocycles. The summed E-state index contributed by atoms with van der Waals surface area (Å²) in [5, 5.41) is 8.57. The van der Waals surface area contributed by atoms with E-state index in [0.717, 1.165) is 40.7 Å². The van der Waals surface area contributed by atoms with E-state index in [-0.39, 0.29) is 6.10 Å². The highest BCUT2D eigenvalue weighted by Gasteiger charge is 2.28. The van der Waals surface area contributed by atoms with Gasteiger partial charge in [-0.05, 0) is 61.7 Å². The Bertz CT molecular complexity index is 1540. The molecule has 8 nitrogen and oxygen atoms in total. The lowest BCUT2D eigenvalue weighted by Crippen LogP contribution is -2.50. The lowest BCUT2D eigenvalue weighted by Gasteiger charge is -2.41. The number of aromatic nitrogens is 5. The van der Waals surface area contributed by atoms with Gasteiger partial charge in [-0.15, -0.1) is 0 Å². The molecule has 0 radical (unpaired) electrons. The highest BCUT2D eigenvalue weighted by Crippen LogP contribution is 2.36. The molecule has 0 aliphatic carbocycles. The van der Waals surface area contributed by atoms with Crippen molar-refractivity contribution < 1.29 is 9.47 Å². The van der Waals surface area contributed by atoms with Crippen LogP contribution >= 0.6 is 0 Å². The van der Waals surface area contributed by atoms with Crippen LogP contribution in [0.3, 0.4) is 0 Å². The van der Waals surface area contributed by atoms with Gasteiger partial charge in [-0.2, -0.15) is 5.10 Å². The maximum atomic E-state index is 6.18. The fourth-order valence-electron chi connectivity index (χ4n) is 4.80. The van der Waals surface area contributed by atoms with Crippen LogP contribution in [0.25, 0.3) is 33.5 Å². The Morgan fingerprint density at radius 2 is 2.00 bits per heavy atom. The van der Waals surface area contributed by atoms with Crippen LogP contribution in [0.2, 0.25) is 0 Å². The fourth-order valence-corrected chi connectivity index (χ4v) is 4.80. The molecule has 36 heavy (non-hydrogen) atoms. The third kappa shape index (κ3) is 4.07. The molecule has 0 bridgehead atoms. The van der Waals surface area contributed by atoms with Crippen molar-refractivity contribution >= 4 is 27.6 Å². The lowest BCUT2D eigenvalue weighted by atomic mass is 10.0. The van der Waals surface area contributed by atoms with Crippen molar-refractivity contribution in [1.29, 1.82) is 0 Å². The Kier molecular flexibility index (Phi) is 5.60. The second-order valence-corrected chi connectivity index (χ2v) is 9.93. The van der Waals surface area contributed by atoms with E-state index in [0.29, 0.717) is 35.1 Å². The number of hydrogen-bond donors (Lipinski definition) is 2. The van der Waals surface area contributed by atoms with Crippen molar-refractivity contribution in [2.45, 2.75) is 39.8 Å². The van der Waals surface area contributed by atoms with Crippen molar-refractivity contribution in [3.05, 3.63) is 60.3 Å². The summed E-state index contributed by atoms with van der Waals surface area (Å²) < 4.78 is 12.2. The predicted octanol–water partition coefficient (Wildman–Crippen LogP) is 5.85. The monoisotopic (exact) mass is 482 g/mol. The Morgan fingerprint density at radius 1 is 1.11 bits per heavy atom. The molecule has 0 spiro atoms. The zero-order valence-electron chi connectivity index (χ0n) is 20.9. The van der Waals surface area contributed by atoms with E-state index < -0.39 is 0 Å². The first-order chi connectivity index (χ1) is 17.5. The molecule has 1 aliphatic rings. The largest absolute Gasteiger partial charge is 0.438 e. The summed E-state index contributed by atoms with van der Waals surface area (Å²) in [6, 6.07) is 16.4. The Labute approximate surface area is 209 Å². The number of hydrogen-bond acceptors (Lipinski definition) is 6. The number of H-pyrrole nitrogens is 2. The molecule has 2 N–H and O–H groups in total. The molecule has 1 saturated heterocycles. The predicted molar refractivity (Wildman–Crippen MR) is 142 cm³/mol. The summed E-state index contributed by atoms with van der Waals surface area (Å²) in [6.45, 7) is 10.3. The van der Waals surface area contributed by atoms with Gasteiger partial charge in [-0.1, -0.05) is 19.9 Å². The van der Waals surface area contributed by atoms with Gasteiger partial charge in [0.05, 0.1) is 34.6 Å². The standard InChI is InChI=1S/C28H30N6O2/c1-16(2)24-14-34(18(4)15-35-24)19-8-9-20-22(13-19)31-28(30-20)27-26-21(32-33-27)6-5-7-23(26)36-25-12-17(3)10-11-29-25/h5-13,16,18,24H,14-15H2,1-4H3,(H,30,31)(H,32,33). The van der Waals surface area contributed by atoms with E-state index in [1.54, 1.807) is 6.20 Å². The Hall–Kier alpha value is -3.91. The van der Waals surface area contributed by atoms with Gasteiger partial charge < -0.3 is 19.4 Å². The van der Waals surface area contributed by atoms with E-state index >= 15 is 0 Å². The van der Waals surface area contributed by atoms with Crippen LogP contribution in [0.5, 0.6) is 11.6 Å². The van der Waals surface area contributed by atoms with Gasteiger partial charge in [0.2, 0.25) is 5.88 Å². The summed E-state index contributed by atoms with van der Waals surface area (Å²) in [5.74, 6) is 2.39. The van der Waals surface area contributed by atoms with E-state index in [1.807, 2.05) is 37.3 Å². The summed E-state index contributed by atoms with van der Waals surface area (Å²) in [7, 11) is 0. The smallest absolute Gasteiger partial charge is 0.219 e. The van der Waals surface area contributed by atoms with Gasteiger partial charge >= 0.3 is 0 Å². The van der Waals surface area contributed by atoms with E-state index in [2.05, 4.69) is 64.0 Å². The molecule has 0 saturated carbocycles. The maximum absolute atomic E-state index is 6.18. The quantitative estimate of drug-likeness (QED) is 0.326. The third-order valence-electron chi connectivity index (χ3n) is 6.88. The lowest BCUT2D eigenvalue weighted by molar-refractivity contribution is -0.00422. The minimum atomic E-state index is 0.228. The number of imidazole rings is 1. The molecular weight excluding hydrogens is 452 g/mol. The summed E-state index contributed by atoms with van der Waals surface area (Å²) >= 11 is 0. The highest BCUT2D eigenvalue weighted by molar-refractivity contribution is 5.97. The maximum Gasteiger partial charge on any atom is 0.219 e. The highest BCUT2D eigenvalue weighted by atomic mass is 16.5. The van der Waals surface area contributed by atoms with E-state index in [4.69, 9.17) is 14.5 Å². The molecular formula is C28H30N6O2. The van der Waals surface area contributed by atoms with Crippen LogP contribution in [-0.4, -0.2) is 50.4 Å². The number of pyridine rings is 1. The minimum absolute atomic E-state index is 0.228. The van der Waals surface area contributed by atoms with E-state index in [1.165, 1.54) is 5.69 Å². The van der Waals surface area contributed by atoms with Crippen LogP contribution in [0.15, 0.2) is 54.7 Å².